The van der Waals surface area contributed by atoms with Crippen LogP contribution in [-0.4, -0.2) is 12.2 Å². The van der Waals surface area contributed by atoms with Gasteiger partial charge < -0.3 is 4.74 Å². The smallest absolute Gasteiger partial charge is 0.0578 e. The molecular weight excluding hydrogens is 148 g/mol. The van der Waals surface area contributed by atoms with Crippen LogP contribution in [0.25, 0.3) is 0 Å². The van der Waals surface area contributed by atoms with Gasteiger partial charge in [-0.25, -0.2) is 0 Å². The SMILES string of the molecule is CCCCC(CCC)OC(C)C. The average molecular weight is 172 g/mol. The Bertz CT molecular complexity index is 89.0. The van der Waals surface area contributed by atoms with E-state index in [0.717, 1.165) is 0 Å². The Labute approximate surface area is 77.5 Å². The first-order valence-electron chi connectivity index (χ1n) is 5.36. The maximum atomic E-state index is 5.79. The molecule has 1 nitrogen and oxygen atoms in total. The molecule has 0 aromatic heterocycles. The molecule has 0 aliphatic heterocycles. The van der Waals surface area contributed by atoms with Crippen molar-refractivity contribution in [3.05, 3.63) is 0 Å². The third-order valence-electron chi connectivity index (χ3n) is 1.95. The third kappa shape index (κ3) is 6.66. The fourth-order valence-electron chi connectivity index (χ4n) is 1.42. The number of ether oxygens (including phenoxy) is 1. The molecular formula is C11H24O. The van der Waals surface area contributed by atoms with Crippen LogP contribution in [0.4, 0.5) is 0 Å². The quantitative estimate of drug-likeness (QED) is 0.568. The van der Waals surface area contributed by atoms with E-state index < -0.39 is 0 Å². The molecule has 0 heterocycles. The summed E-state index contributed by atoms with van der Waals surface area (Å²) in [6, 6.07) is 0. The van der Waals surface area contributed by atoms with Crippen LogP contribution in [0.15, 0.2) is 0 Å². The van der Waals surface area contributed by atoms with E-state index in [0.29, 0.717) is 12.2 Å². The molecule has 0 aromatic carbocycles. The van der Waals surface area contributed by atoms with Crippen molar-refractivity contribution in [3.63, 3.8) is 0 Å². The average Bonchev–Trinajstić information content (AvgIpc) is 2.00. The standard InChI is InChI=1S/C11H24O/c1-5-7-9-11(8-6-2)12-10(3)4/h10-11H,5-9H2,1-4H3. The first-order chi connectivity index (χ1) is 5.70. The number of rotatable bonds is 7. The van der Waals surface area contributed by atoms with Crippen LogP contribution in [0.2, 0.25) is 0 Å². The number of unbranched alkanes of at least 4 members (excludes halogenated alkanes) is 1. The van der Waals surface area contributed by atoms with Crippen molar-refractivity contribution in [1.29, 1.82) is 0 Å². The minimum absolute atomic E-state index is 0.387. The van der Waals surface area contributed by atoms with E-state index in [1.165, 1.54) is 32.1 Å². The summed E-state index contributed by atoms with van der Waals surface area (Å²) in [7, 11) is 0. The Morgan fingerprint density at radius 1 is 1.00 bits per heavy atom. The number of hydrogen-bond acceptors (Lipinski definition) is 1. The lowest BCUT2D eigenvalue weighted by Crippen LogP contribution is -2.17. The van der Waals surface area contributed by atoms with Gasteiger partial charge in [-0.1, -0.05) is 33.1 Å². The fourth-order valence-corrected chi connectivity index (χ4v) is 1.42. The van der Waals surface area contributed by atoms with Gasteiger partial charge in [0, 0.05) is 0 Å². The molecule has 0 bridgehead atoms. The topological polar surface area (TPSA) is 9.23 Å². The Morgan fingerprint density at radius 2 is 1.67 bits per heavy atom. The van der Waals surface area contributed by atoms with Gasteiger partial charge in [-0.3, -0.25) is 0 Å². The zero-order valence-electron chi connectivity index (χ0n) is 9.10. The second-order valence-electron chi connectivity index (χ2n) is 3.74. The van der Waals surface area contributed by atoms with E-state index in [9.17, 15) is 0 Å². The van der Waals surface area contributed by atoms with Crippen LogP contribution in [-0.2, 0) is 4.74 Å². The summed E-state index contributed by atoms with van der Waals surface area (Å²) < 4.78 is 5.79. The highest BCUT2D eigenvalue weighted by Gasteiger charge is 2.08. The van der Waals surface area contributed by atoms with Gasteiger partial charge in [-0.2, -0.15) is 0 Å². The van der Waals surface area contributed by atoms with Crippen LogP contribution in [0.5, 0.6) is 0 Å². The van der Waals surface area contributed by atoms with Gasteiger partial charge in [0.05, 0.1) is 12.2 Å². The first kappa shape index (κ1) is 12.0. The zero-order valence-corrected chi connectivity index (χ0v) is 9.10. The molecule has 1 unspecified atom stereocenters. The molecule has 0 spiro atoms. The van der Waals surface area contributed by atoms with E-state index in [4.69, 9.17) is 4.74 Å². The summed E-state index contributed by atoms with van der Waals surface area (Å²) in [6.45, 7) is 8.70. The van der Waals surface area contributed by atoms with E-state index in [1.54, 1.807) is 0 Å². The molecule has 0 fully saturated rings. The molecule has 0 aliphatic carbocycles. The van der Waals surface area contributed by atoms with Crippen LogP contribution in [0.1, 0.15) is 59.8 Å². The molecule has 1 atom stereocenters. The number of hydrogen-bond donors (Lipinski definition) is 0. The monoisotopic (exact) mass is 172 g/mol. The summed E-state index contributed by atoms with van der Waals surface area (Å²) in [5.41, 5.74) is 0. The summed E-state index contributed by atoms with van der Waals surface area (Å²) in [4.78, 5) is 0. The van der Waals surface area contributed by atoms with Crippen molar-refractivity contribution in [2.45, 2.75) is 72.0 Å². The molecule has 0 radical (unpaired) electrons. The van der Waals surface area contributed by atoms with E-state index in [1.807, 2.05) is 0 Å². The maximum absolute atomic E-state index is 5.79. The fraction of sp³-hybridized carbons (Fsp3) is 1.00. The summed E-state index contributed by atoms with van der Waals surface area (Å²) in [5.74, 6) is 0. The molecule has 0 rings (SSSR count). The van der Waals surface area contributed by atoms with Gasteiger partial charge in [-0.05, 0) is 26.7 Å². The first-order valence-corrected chi connectivity index (χ1v) is 5.36. The van der Waals surface area contributed by atoms with Crippen molar-refractivity contribution in [2.24, 2.45) is 0 Å². The second kappa shape index (κ2) is 7.60. The lowest BCUT2D eigenvalue weighted by Gasteiger charge is -2.19. The normalized spacial score (nSPS) is 13.8. The largest absolute Gasteiger partial charge is 0.376 e. The van der Waals surface area contributed by atoms with Crippen molar-refractivity contribution in [3.8, 4) is 0 Å². The van der Waals surface area contributed by atoms with Gasteiger partial charge in [0.15, 0.2) is 0 Å². The zero-order chi connectivity index (χ0) is 9.40. The second-order valence-corrected chi connectivity index (χ2v) is 3.74. The molecule has 0 amide bonds. The molecule has 0 aromatic rings. The summed E-state index contributed by atoms with van der Waals surface area (Å²) >= 11 is 0. The Hall–Kier alpha value is -0.0400. The molecule has 12 heavy (non-hydrogen) atoms. The molecule has 74 valence electrons. The Morgan fingerprint density at radius 3 is 2.08 bits per heavy atom. The van der Waals surface area contributed by atoms with Gasteiger partial charge >= 0.3 is 0 Å². The summed E-state index contributed by atoms with van der Waals surface area (Å²) in [6.07, 6.45) is 7.18. The molecule has 0 saturated heterocycles. The van der Waals surface area contributed by atoms with Crippen LogP contribution < -0.4 is 0 Å². The van der Waals surface area contributed by atoms with Gasteiger partial charge in [0.25, 0.3) is 0 Å². The molecule has 0 N–H and O–H groups in total. The van der Waals surface area contributed by atoms with E-state index >= 15 is 0 Å². The minimum atomic E-state index is 0.387. The minimum Gasteiger partial charge on any atom is -0.376 e. The highest BCUT2D eigenvalue weighted by Crippen LogP contribution is 2.12. The van der Waals surface area contributed by atoms with E-state index in [2.05, 4.69) is 27.7 Å². The lowest BCUT2D eigenvalue weighted by atomic mass is 10.1. The van der Waals surface area contributed by atoms with Gasteiger partial charge in [0.2, 0.25) is 0 Å². The van der Waals surface area contributed by atoms with Crippen LogP contribution in [0.3, 0.4) is 0 Å². The molecule has 1 heteroatoms. The highest BCUT2D eigenvalue weighted by atomic mass is 16.5. The van der Waals surface area contributed by atoms with Crippen molar-refractivity contribution in [1.82, 2.24) is 0 Å². The lowest BCUT2D eigenvalue weighted by molar-refractivity contribution is -0.00274. The van der Waals surface area contributed by atoms with Crippen LogP contribution >= 0.6 is 0 Å². The molecule has 0 aliphatic rings. The Kier molecular flexibility index (Phi) is 7.58. The maximum Gasteiger partial charge on any atom is 0.0578 e. The van der Waals surface area contributed by atoms with Gasteiger partial charge in [0.1, 0.15) is 0 Å². The highest BCUT2D eigenvalue weighted by molar-refractivity contribution is 4.58. The van der Waals surface area contributed by atoms with Crippen LogP contribution in [0, 0.1) is 0 Å². The van der Waals surface area contributed by atoms with E-state index in [-0.39, 0.29) is 0 Å². The van der Waals surface area contributed by atoms with Crippen molar-refractivity contribution >= 4 is 0 Å². The summed E-state index contributed by atoms with van der Waals surface area (Å²) in [5, 5.41) is 0. The third-order valence-corrected chi connectivity index (χ3v) is 1.95. The van der Waals surface area contributed by atoms with Crippen molar-refractivity contribution < 1.29 is 4.74 Å². The molecule has 0 saturated carbocycles. The predicted molar refractivity (Wildman–Crippen MR) is 54.4 cm³/mol. The predicted octanol–water partition coefficient (Wildman–Crippen LogP) is 3.77. The Balaban J connectivity index is 3.54. The van der Waals surface area contributed by atoms with Crippen molar-refractivity contribution in [2.75, 3.05) is 0 Å². The van der Waals surface area contributed by atoms with Gasteiger partial charge in [-0.15, -0.1) is 0 Å².